The lowest BCUT2D eigenvalue weighted by atomic mass is 9.98. The van der Waals surface area contributed by atoms with E-state index in [0.717, 1.165) is 0 Å². The number of phenols is 1. The maximum Gasteiger partial charge on any atom is 0.326 e. The predicted octanol–water partition coefficient (Wildman–Crippen LogP) is 2.03. The molecule has 0 unspecified atom stereocenters. The van der Waals surface area contributed by atoms with Gasteiger partial charge in [-0.1, -0.05) is 36.4 Å². The second-order valence-corrected chi connectivity index (χ2v) is 8.50. The molecule has 1 saturated heterocycles. The molecule has 2 aromatic carbocycles. The van der Waals surface area contributed by atoms with Gasteiger partial charge in [-0.2, -0.15) is 0 Å². The van der Waals surface area contributed by atoms with Gasteiger partial charge in [-0.15, -0.1) is 0 Å². The Morgan fingerprint density at radius 3 is 2.41 bits per heavy atom. The quantitative estimate of drug-likeness (QED) is 0.484. The minimum Gasteiger partial charge on any atom is -0.507 e. The Bertz CT molecular complexity index is 1090. The van der Waals surface area contributed by atoms with Crippen molar-refractivity contribution in [1.29, 1.82) is 0 Å². The summed E-state index contributed by atoms with van der Waals surface area (Å²) < 4.78 is 27.8. The molecular formula is C24H26F2N2O6. The standard InChI is InChI=1S/C24H26F2N2O6/c1-13-8-9-16(14(2)19(13)29)21(31)27-17(10-15-6-4-3-5-7-15)20(30)22(32)28-12-24(25,26)11-18(28)23(33)34/h3-9,17-18,20,29-30H,10-12H2,1-2H3,(H,27,31)(H,33,34)/t17-,18-,20-/m0/s1. The lowest BCUT2D eigenvalue weighted by molar-refractivity contribution is -0.152. The Hall–Kier alpha value is -3.53. The van der Waals surface area contributed by atoms with Gasteiger partial charge in [-0.3, -0.25) is 9.59 Å². The largest absolute Gasteiger partial charge is 0.507 e. The SMILES string of the molecule is Cc1ccc(C(=O)N[C@@H](Cc2ccccc2)[C@H](O)C(=O)N2CC(F)(F)C[C@H]2C(=O)O)c(C)c1O. The number of phenolic OH excluding ortho intramolecular Hbond substituents is 1. The first kappa shape index (κ1) is 25.1. The third-order valence-electron chi connectivity index (χ3n) is 5.96. The van der Waals surface area contributed by atoms with Gasteiger partial charge in [0.1, 0.15) is 11.8 Å². The number of likely N-dealkylation sites (tertiary alicyclic amines) is 1. The van der Waals surface area contributed by atoms with E-state index in [1.807, 2.05) is 0 Å². The Labute approximate surface area is 194 Å². The molecule has 0 radical (unpaired) electrons. The van der Waals surface area contributed by atoms with Crippen molar-refractivity contribution in [3.05, 3.63) is 64.7 Å². The van der Waals surface area contributed by atoms with Crippen LogP contribution in [0.1, 0.15) is 33.5 Å². The molecule has 10 heteroatoms. The van der Waals surface area contributed by atoms with Gasteiger partial charge in [0.05, 0.1) is 12.6 Å². The number of rotatable bonds is 7. The number of carbonyl (C=O) groups is 3. The van der Waals surface area contributed by atoms with Crippen LogP contribution in [0.15, 0.2) is 42.5 Å². The van der Waals surface area contributed by atoms with Crippen LogP contribution < -0.4 is 5.32 Å². The number of hydrogen-bond acceptors (Lipinski definition) is 5. The van der Waals surface area contributed by atoms with E-state index in [-0.39, 0.29) is 17.7 Å². The number of hydrogen-bond donors (Lipinski definition) is 4. The number of carbonyl (C=O) groups excluding carboxylic acids is 2. The van der Waals surface area contributed by atoms with Crippen LogP contribution in [0, 0.1) is 13.8 Å². The number of aliphatic carboxylic acids is 1. The fourth-order valence-electron chi connectivity index (χ4n) is 4.05. The lowest BCUT2D eigenvalue weighted by Crippen LogP contribution is -2.54. The van der Waals surface area contributed by atoms with Crippen LogP contribution in [0.25, 0.3) is 0 Å². The van der Waals surface area contributed by atoms with Crippen molar-refractivity contribution >= 4 is 17.8 Å². The third-order valence-corrected chi connectivity index (χ3v) is 5.96. The van der Waals surface area contributed by atoms with Crippen molar-refractivity contribution in [2.75, 3.05) is 6.54 Å². The lowest BCUT2D eigenvalue weighted by Gasteiger charge is -2.29. The molecule has 2 aromatic rings. The maximum absolute atomic E-state index is 13.9. The first-order valence-electron chi connectivity index (χ1n) is 10.6. The smallest absolute Gasteiger partial charge is 0.326 e. The van der Waals surface area contributed by atoms with Crippen molar-refractivity contribution in [3.63, 3.8) is 0 Å². The average Bonchev–Trinajstić information content (AvgIpc) is 3.12. The van der Waals surface area contributed by atoms with E-state index in [9.17, 15) is 38.5 Å². The molecular weight excluding hydrogens is 450 g/mol. The van der Waals surface area contributed by atoms with Gasteiger partial charge in [0.15, 0.2) is 6.10 Å². The number of carboxylic acid groups (broad SMARTS) is 1. The minimum absolute atomic E-state index is 0.0294. The molecule has 3 rings (SSSR count). The summed E-state index contributed by atoms with van der Waals surface area (Å²) in [5, 5.41) is 32.8. The summed E-state index contributed by atoms with van der Waals surface area (Å²) in [5.74, 6) is -7.00. The number of benzene rings is 2. The van der Waals surface area contributed by atoms with Crippen molar-refractivity contribution in [1.82, 2.24) is 10.2 Å². The summed E-state index contributed by atoms with van der Waals surface area (Å²) in [6.07, 6.45) is -3.07. The number of amides is 2. The highest BCUT2D eigenvalue weighted by Crippen LogP contribution is 2.33. The first-order valence-corrected chi connectivity index (χ1v) is 10.6. The van der Waals surface area contributed by atoms with Crippen molar-refractivity contribution < 1.29 is 38.5 Å². The van der Waals surface area contributed by atoms with Gasteiger partial charge >= 0.3 is 5.97 Å². The van der Waals surface area contributed by atoms with Crippen LogP contribution in [-0.2, 0) is 16.0 Å². The zero-order valence-corrected chi connectivity index (χ0v) is 18.7. The molecule has 1 fully saturated rings. The molecule has 2 amide bonds. The maximum atomic E-state index is 13.9. The Balaban J connectivity index is 1.89. The van der Waals surface area contributed by atoms with Crippen molar-refractivity contribution in [3.8, 4) is 5.75 Å². The summed E-state index contributed by atoms with van der Waals surface area (Å²) in [6.45, 7) is 2.06. The second kappa shape index (κ2) is 9.76. The molecule has 1 aliphatic heterocycles. The van der Waals surface area contributed by atoms with Crippen molar-refractivity contribution in [2.24, 2.45) is 0 Å². The number of aliphatic hydroxyl groups is 1. The summed E-state index contributed by atoms with van der Waals surface area (Å²) in [7, 11) is 0. The van der Waals surface area contributed by atoms with Gasteiger partial charge in [0, 0.05) is 17.5 Å². The average molecular weight is 476 g/mol. The molecule has 0 aromatic heterocycles. The zero-order chi connectivity index (χ0) is 25.2. The third kappa shape index (κ3) is 5.33. The molecule has 34 heavy (non-hydrogen) atoms. The highest BCUT2D eigenvalue weighted by atomic mass is 19.3. The van der Waals surface area contributed by atoms with Gasteiger partial charge in [-0.25, -0.2) is 13.6 Å². The van der Waals surface area contributed by atoms with Crippen molar-refractivity contribution in [2.45, 2.75) is 50.8 Å². The first-order chi connectivity index (χ1) is 15.9. The Morgan fingerprint density at radius 1 is 1.15 bits per heavy atom. The van der Waals surface area contributed by atoms with Gasteiger partial charge in [0.2, 0.25) is 0 Å². The zero-order valence-electron chi connectivity index (χ0n) is 18.7. The van der Waals surface area contributed by atoms with Crippen LogP contribution in [0.5, 0.6) is 5.75 Å². The van der Waals surface area contributed by atoms with Crippen LogP contribution in [0.3, 0.4) is 0 Å². The van der Waals surface area contributed by atoms with E-state index < -0.39 is 54.9 Å². The summed E-state index contributed by atoms with van der Waals surface area (Å²) in [4.78, 5) is 37.8. The highest BCUT2D eigenvalue weighted by molar-refractivity contribution is 5.97. The minimum atomic E-state index is -3.41. The fourth-order valence-corrected chi connectivity index (χ4v) is 4.05. The Kier molecular flexibility index (Phi) is 7.21. The van der Waals surface area contributed by atoms with E-state index in [2.05, 4.69) is 5.32 Å². The van der Waals surface area contributed by atoms with Crippen LogP contribution >= 0.6 is 0 Å². The predicted molar refractivity (Wildman–Crippen MR) is 118 cm³/mol. The number of nitrogens with one attached hydrogen (secondary N) is 1. The summed E-state index contributed by atoms with van der Waals surface area (Å²) in [5.41, 5.74) is 1.60. The summed E-state index contributed by atoms with van der Waals surface area (Å²) >= 11 is 0. The number of alkyl halides is 2. The molecule has 0 saturated carbocycles. The highest BCUT2D eigenvalue weighted by Gasteiger charge is 2.51. The van der Waals surface area contributed by atoms with Crippen LogP contribution in [-0.4, -0.2) is 68.7 Å². The van der Waals surface area contributed by atoms with Crippen LogP contribution in [0.2, 0.25) is 0 Å². The fraction of sp³-hybridized carbons (Fsp3) is 0.375. The molecule has 3 atom stereocenters. The summed E-state index contributed by atoms with van der Waals surface area (Å²) in [6, 6.07) is 8.55. The number of halogens is 2. The van der Waals surface area contributed by atoms with E-state index in [4.69, 9.17) is 0 Å². The number of carboxylic acids is 1. The van der Waals surface area contributed by atoms with Gasteiger partial charge < -0.3 is 25.5 Å². The van der Waals surface area contributed by atoms with E-state index >= 15 is 0 Å². The van der Waals surface area contributed by atoms with Gasteiger partial charge in [-0.05, 0) is 37.5 Å². The number of aromatic hydroxyl groups is 1. The topological polar surface area (TPSA) is 127 Å². The molecule has 0 spiro atoms. The molecule has 182 valence electrons. The molecule has 0 aliphatic carbocycles. The molecule has 1 heterocycles. The van der Waals surface area contributed by atoms with E-state index in [1.54, 1.807) is 37.3 Å². The molecule has 0 bridgehead atoms. The molecule has 4 N–H and O–H groups in total. The molecule has 8 nitrogen and oxygen atoms in total. The van der Waals surface area contributed by atoms with Crippen LogP contribution in [0.4, 0.5) is 8.78 Å². The number of aliphatic hydroxyl groups excluding tert-OH is 1. The van der Waals surface area contributed by atoms with E-state index in [0.29, 0.717) is 21.6 Å². The number of nitrogens with zero attached hydrogens (tertiary/aromatic N) is 1. The van der Waals surface area contributed by atoms with Gasteiger partial charge in [0.25, 0.3) is 17.7 Å². The normalized spacial score (nSPS) is 18.9. The molecule has 1 aliphatic rings. The Morgan fingerprint density at radius 2 is 1.79 bits per heavy atom. The number of aryl methyl sites for hydroxylation is 1. The monoisotopic (exact) mass is 476 g/mol. The van der Waals surface area contributed by atoms with E-state index in [1.165, 1.54) is 19.1 Å². The second-order valence-electron chi connectivity index (χ2n) is 8.50.